The first-order chi connectivity index (χ1) is 9.13. The van der Waals surface area contributed by atoms with Crippen LogP contribution in [-0.2, 0) is 0 Å². The third-order valence-corrected chi connectivity index (χ3v) is 3.54. The smallest absolute Gasteiger partial charge is 0.106 e. The van der Waals surface area contributed by atoms with Crippen molar-refractivity contribution in [3.63, 3.8) is 0 Å². The standard InChI is InChI=1S/C14H17BrN4/c1-3-18-11(2)13-5-4-12(10-14(13)15)19(8-6-16)9-7-17/h4-5,10-11,18H,3,8-9H2,1-2H3. The minimum atomic E-state index is 0.210. The lowest BCUT2D eigenvalue weighted by Crippen LogP contribution is -2.24. The lowest BCUT2D eigenvalue weighted by atomic mass is 10.1. The molecule has 4 nitrogen and oxygen atoms in total. The summed E-state index contributed by atoms with van der Waals surface area (Å²) in [5.41, 5.74) is 2.04. The molecule has 0 amide bonds. The molecule has 1 N–H and O–H groups in total. The Morgan fingerprint density at radius 3 is 2.42 bits per heavy atom. The van der Waals surface area contributed by atoms with Crippen molar-refractivity contribution in [2.75, 3.05) is 24.5 Å². The first-order valence-corrected chi connectivity index (χ1v) is 6.95. The summed E-state index contributed by atoms with van der Waals surface area (Å²) < 4.78 is 0.985. The van der Waals surface area contributed by atoms with E-state index in [-0.39, 0.29) is 19.1 Å². The Labute approximate surface area is 122 Å². The van der Waals surface area contributed by atoms with Gasteiger partial charge >= 0.3 is 0 Å². The van der Waals surface area contributed by atoms with Crippen LogP contribution in [-0.4, -0.2) is 19.6 Å². The van der Waals surface area contributed by atoms with Crippen LogP contribution in [0.2, 0.25) is 0 Å². The average molecular weight is 321 g/mol. The van der Waals surface area contributed by atoms with Gasteiger partial charge < -0.3 is 10.2 Å². The fourth-order valence-corrected chi connectivity index (χ4v) is 2.60. The lowest BCUT2D eigenvalue weighted by molar-refractivity contribution is 0.596. The van der Waals surface area contributed by atoms with Gasteiger partial charge in [0.2, 0.25) is 0 Å². The van der Waals surface area contributed by atoms with Gasteiger partial charge in [0.25, 0.3) is 0 Å². The van der Waals surface area contributed by atoms with Gasteiger partial charge in [-0.25, -0.2) is 0 Å². The number of nitriles is 2. The van der Waals surface area contributed by atoms with Crippen molar-refractivity contribution in [2.24, 2.45) is 0 Å². The Morgan fingerprint density at radius 2 is 1.95 bits per heavy atom. The molecule has 0 saturated heterocycles. The Kier molecular flexibility index (Phi) is 6.35. The second-order valence-electron chi connectivity index (χ2n) is 4.16. The molecule has 0 aromatic heterocycles. The Hall–Kier alpha value is -1.56. The molecule has 1 rings (SSSR count). The van der Waals surface area contributed by atoms with Crippen molar-refractivity contribution in [1.82, 2.24) is 5.32 Å². The summed E-state index contributed by atoms with van der Waals surface area (Å²) in [4.78, 5) is 1.74. The van der Waals surface area contributed by atoms with E-state index in [0.29, 0.717) is 0 Å². The van der Waals surface area contributed by atoms with Gasteiger partial charge in [-0.05, 0) is 31.2 Å². The molecular weight excluding hydrogens is 304 g/mol. The Bertz CT molecular complexity index is 485. The van der Waals surface area contributed by atoms with Crippen LogP contribution in [0.1, 0.15) is 25.5 Å². The number of nitrogens with one attached hydrogen (secondary N) is 1. The quantitative estimate of drug-likeness (QED) is 0.818. The highest BCUT2D eigenvalue weighted by Gasteiger charge is 2.11. The number of halogens is 1. The summed E-state index contributed by atoms with van der Waals surface area (Å²) >= 11 is 3.56. The predicted octanol–water partition coefficient (Wildman–Crippen LogP) is 2.97. The van der Waals surface area contributed by atoms with Crippen molar-refractivity contribution >= 4 is 21.6 Å². The summed E-state index contributed by atoms with van der Waals surface area (Å²) in [7, 11) is 0. The molecule has 100 valence electrons. The van der Waals surface area contributed by atoms with Gasteiger partial charge in [0, 0.05) is 16.2 Å². The average Bonchev–Trinajstić information content (AvgIpc) is 2.38. The third kappa shape index (κ3) is 4.24. The van der Waals surface area contributed by atoms with Crippen LogP contribution in [0.5, 0.6) is 0 Å². The molecule has 0 heterocycles. The fraction of sp³-hybridized carbons (Fsp3) is 0.429. The van der Waals surface area contributed by atoms with Crippen LogP contribution in [0.4, 0.5) is 5.69 Å². The second kappa shape index (κ2) is 7.78. The molecule has 0 aliphatic rings. The lowest BCUT2D eigenvalue weighted by Gasteiger charge is -2.21. The summed E-state index contributed by atoms with van der Waals surface area (Å²) in [5, 5.41) is 20.9. The van der Waals surface area contributed by atoms with Crippen molar-refractivity contribution in [3.05, 3.63) is 28.2 Å². The molecule has 0 bridgehead atoms. The Morgan fingerprint density at radius 1 is 1.32 bits per heavy atom. The van der Waals surface area contributed by atoms with E-state index in [1.54, 1.807) is 4.90 Å². The van der Waals surface area contributed by atoms with Gasteiger partial charge in [0.1, 0.15) is 13.1 Å². The van der Waals surface area contributed by atoms with Gasteiger partial charge in [-0.1, -0.05) is 28.9 Å². The van der Waals surface area contributed by atoms with Gasteiger partial charge in [-0.3, -0.25) is 0 Å². The van der Waals surface area contributed by atoms with E-state index in [0.717, 1.165) is 16.7 Å². The Balaban J connectivity index is 2.98. The van der Waals surface area contributed by atoms with Crippen molar-refractivity contribution in [1.29, 1.82) is 10.5 Å². The summed E-state index contributed by atoms with van der Waals surface area (Å²) in [6, 6.07) is 10.3. The number of nitrogens with zero attached hydrogens (tertiary/aromatic N) is 3. The summed E-state index contributed by atoms with van der Waals surface area (Å²) in [5.74, 6) is 0. The van der Waals surface area contributed by atoms with Crippen LogP contribution in [0.15, 0.2) is 22.7 Å². The zero-order chi connectivity index (χ0) is 14.3. The second-order valence-corrected chi connectivity index (χ2v) is 5.01. The van der Waals surface area contributed by atoms with E-state index >= 15 is 0 Å². The van der Waals surface area contributed by atoms with E-state index in [4.69, 9.17) is 10.5 Å². The predicted molar refractivity (Wildman–Crippen MR) is 79.7 cm³/mol. The summed E-state index contributed by atoms with van der Waals surface area (Å²) in [6.07, 6.45) is 0. The van der Waals surface area contributed by atoms with Crippen molar-refractivity contribution in [2.45, 2.75) is 19.9 Å². The fourth-order valence-electron chi connectivity index (χ4n) is 1.89. The van der Waals surface area contributed by atoms with Crippen LogP contribution >= 0.6 is 15.9 Å². The maximum absolute atomic E-state index is 8.78. The van der Waals surface area contributed by atoms with Crippen LogP contribution in [0.25, 0.3) is 0 Å². The molecule has 1 aromatic rings. The topological polar surface area (TPSA) is 62.9 Å². The van der Waals surface area contributed by atoms with Gasteiger partial charge in [-0.15, -0.1) is 0 Å². The SMILES string of the molecule is CCNC(C)c1ccc(N(CC#N)CC#N)cc1Br. The maximum atomic E-state index is 8.78. The van der Waals surface area contributed by atoms with Gasteiger partial charge in [-0.2, -0.15) is 10.5 Å². The van der Waals surface area contributed by atoms with Crippen molar-refractivity contribution in [3.8, 4) is 12.1 Å². The number of rotatable bonds is 6. The number of hydrogen-bond acceptors (Lipinski definition) is 4. The van der Waals surface area contributed by atoms with E-state index in [2.05, 4.69) is 47.2 Å². The molecule has 1 unspecified atom stereocenters. The molecular formula is C14H17BrN4. The van der Waals surface area contributed by atoms with E-state index in [9.17, 15) is 0 Å². The molecule has 0 fully saturated rings. The highest BCUT2D eigenvalue weighted by Crippen LogP contribution is 2.28. The number of hydrogen-bond donors (Lipinski definition) is 1. The van der Waals surface area contributed by atoms with E-state index < -0.39 is 0 Å². The summed E-state index contributed by atoms with van der Waals surface area (Å²) in [6.45, 7) is 5.50. The third-order valence-electron chi connectivity index (χ3n) is 2.85. The monoisotopic (exact) mass is 320 g/mol. The normalized spacial score (nSPS) is 11.4. The zero-order valence-electron chi connectivity index (χ0n) is 11.2. The highest BCUT2D eigenvalue weighted by atomic mass is 79.9. The molecule has 5 heteroatoms. The largest absolute Gasteiger partial charge is 0.345 e. The molecule has 0 radical (unpaired) electrons. The molecule has 0 aliphatic carbocycles. The molecule has 0 aliphatic heterocycles. The maximum Gasteiger partial charge on any atom is 0.106 e. The molecule has 0 spiro atoms. The highest BCUT2D eigenvalue weighted by molar-refractivity contribution is 9.10. The molecule has 19 heavy (non-hydrogen) atoms. The minimum Gasteiger partial charge on any atom is -0.345 e. The number of anilines is 1. The van der Waals surface area contributed by atoms with Crippen molar-refractivity contribution < 1.29 is 0 Å². The van der Waals surface area contributed by atoms with Gasteiger partial charge in [0.05, 0.1) is 12.1 Å². The minimum absolute atomic E-state index is 0.210. The first-order valence-electron chi connectivity index (χ1n) is 6.15. The molecule has 1 atom stereocenters. The van der Waals surface area contributed by atoms with Crippen LogP contribution in [0.3, 0.4) is 0 Å². The van der Waals surface area contributed by atoms with Crippen LogP contribution < -0.4 is 10.2 Å². The van der Waals surface area contributed by atoms with E-state index in [1.165, 1.54) is 5.56 Å². The molecule has 1 aromatic carbocycles. The first kappa shape index (κ1) is 15.5. The number of benzene rings is 1. The van der Waals surface area contributed by atoms with E-state index in [1.807, 2.05) is 18.2 Å². The molecule has 0 saturated carbocycles. The van der Waals surface area contributed by atoms with Crippen LogP contribution in [0, 0.1) is 22.7 Å². The zero-order valence-corrected chi connectivity index (χ0v) is 12.7. The van der Waals surface area contributed by atoms with Gasteiger partial charge in [0.15, 0.2) is 0 Å².